The molecule has 0 saturated heterocycles. The third-order valence-electron chi connectivity index (χ3n) is 3.69. The Bertz CT molecular complexity index is 615. The van der Waals surface area contributed by atoms with Crippen molar-refractivity contribution >= 4 is 11.7 Å². The lowest BCUT2D eigenvalue weighted by Crippen LogP contribution is -2.03. The largest absolute Gasteiger partial charge is 0.478 e. The van der Waals surface area contributed by atoms with E-state index < -0.39 is 5.97 Å². The van der Waals surface area contributed by atoms with Gasteiger partial charge in [0, 0.05) is 12.2 Å². The Hall–Kier alpha value is -2.29. The minimum absolute atomic E-state index is 0.314. The van der Waals surface area contributed by atoms with E-state index in [-0.39, 0.29) is 0 Å². The second kappa shape index (κ2) is 5.37. The van der Waals surface area contributed by atoms with E-state index in [9.17, 15) is 4.79 Å². The first kappa shape index (κ1) is 12.7. The zero-order chi connectivity index (χ0) is 13.9. The maximum atomic E-state index is 10.8. The van der Waals surface area contributed by atoms with Gasteiger partial charge in [-0.1, -0.05) is 24.3 Å². The van der Waals surface area contributed by atoms with E-state index in [1.165, 1.54) is 24.0 Å². The highest BCUT2D eigenvalue weighted by molar-refractivity contribution is 5.87. The standard InChI is InChI=1S/C17H17NO2/c19-17(20)13-7-9-15(10-8-13)18-11-14-3-1-2-4-16(14)12-5-6-12/h1-4,7-10,12,18H,5-6,11H2,(H,19,20). The van der Waals surface area contributed by atoms with Crippen LogP contribution in [-0.2, 0) is 6.54 Å². The molecule has 102 valence electrons. The first-order valence-electron chi connectivity index (χ1n) is 6.89. The molecule has 20 heavy (non-hydrogen) atoms. The van der Waals surface area contributed by atoms with E-state index >= 15 is 0 Å². The summed E-state index contributed by atoms with van der Waals surface area (Å²) in [5.74, 6) is -0.155. The van der Waals surface area contributed by atoms with E-state index in [2.05, 4.69) is 29.6 Å². The molecule has 2 N–H and O–H groups in total. The van der Waals surface area contributed by atoms with Crippen molar-refractivity contribution in [3.63, 3.8) is 0 Å². The number of hydrogen-bond acceptors (Lipinski definition) is 2. The number of aromatic carboxylic acids is 1. The van der Waals surface area contributed by atoms with Crippen molar-refractivity contribution in [3.8, 4) is 0 Å². The number of anilines is 1. The highest BCUT2D eigenvalue weighted by atomic mass is 16.4. The van der Waals surface area contributed by atoms with Crippen LogP contribution in [0.25, 0.3) is 0 Å². The average Bonchev–Trinajstić information content (AvgIpc) is 3.30. The maximum absolute atomic E-state index is 10.8. The highest BCUT2D eigenvalue weighted by Crippen LogP contribution is 2.41. The van der Waals surface area contributed by atoms with Crippen LogP contribution in [0.2, 0.25) is 0 Å². The smallest absolute Gasteiger partial charge is 0.335 e. The molecule has 0 heterocycles. The van der Waals surface area contributed by atoms with Crippen molar-refractivity contribution in [3.05, 3.63) is 65.2 Å². The maximum Gasteiger partial charge on any atom is 0.335 e. The molecule has 0 unspecified atom stereocenters. The lowest BCUT2D eigenvalue weighted by molar-refractivity contribution is 0.0697. The van der Waals surface area contributed by atoms with Crippen LogP contribution in [0.4, 0.5) is 5.69 Å². The van der Waals surface area contributed by atoms with Crippen LogP contribution in [0.15, 0.2) is 48.5 Å². The lowest BCUT2D eigenvalue weighted by Gasteiger charge is -2.11. The molecular formula is C17H17NO2. The Morgan fingerprint density at radius 3 is 2.45 bits per heavy atom. The number of carboxylic acid groups (broad SMARTS) is 1. The molecule has 1 aliphatic carbocycles. The van der Waals surface area contributed by atoms with E-state index in [4.69, 9.17) is 5.11 Å². The minimum Gasteiger partial charge on any atom is -0.478 e. The molecule has 1 aliphatic rings. The molecule has 0 spiro atoms. The molecule has 0 bridgehead atoms. The molecule has 3 nitrogen and oxygen atoms in total. The quantitative estimate of drug-likeness (QED) is 0.864. The fraction of sp³-hybridized carbons (Fsp3) is 0.235. The Labute approximate surface area is 118 Å². The second-order valence-corrected chi connectivity index (χ2v) is 5.21. The Morgan fingerprint density at radius 1 is 1.10 bits per heavy atom. The monoisotopic (exact) mass is 267 g/mol. The summed E-state index contributed by atoms with van der Waals surface area (Å²) >= 11 is 0. The molecule has 1 fully saturated rings. The number of benzene rings is 2. The van der Waals surface area contributed by atoms with Gasteiger partial charge in [0.05, 0.1) is 5.56 Å². The first-order chi connectivity index (χ1) is 9.74. The van der Waals surface area contributed by atoms with Crippen LogP contribution >= 0.6 is 0 Å². The minimum atomic E-state index is -0.893. The molecular weight excluding hydrogens is 250 g/mol. The van der Waals surface area contributed by atoms with E-state index in [0.717, 1.165) is 18.2 Å². The Kier molecular flexibility index (Phi) is 3.42. The molecule has 3 heteroatoms. The van der Waals surface area contributed by atoms with E-state index in [1.54, 1.807) is 12.1 Å². The summed E-state index contributed by atoms with van der Waals surface area (Å²) in [5.41, 5.74) is 4.04. The molecule has 3 rings (SSSR count). The van der Waals surface area contributed by atoms with Gasteiger partial charge in [0.1, 0.15) is 0 Å². The number of carbonyl (C=O) groups is 1. The van der Waals surface area contributed by atoms with Gasteiger partial charge >= 0.3 is 5.97 Å². The molecule has 0 radical (unpaired) electrons. The zero-order valence-corrected chi connectivity index (χ0v) is 11.2. The fourth-order valence-electron chi connectivity index (χ4n) is 2.42. The Balaban J connectivity index is 1.68. The SMILES string of the molecule is O=C(O)c1ccc(NCc2ccccc2C2CC2)cc1. The third kappa shape index (κ3) is 2.82. The van der Waals surface area contributed by atoms with Crippen LogP contribution < -0.4 is 5.32 Å². The predicted molar refractivity (Wildman–Crippen MR) is 79.1 cm³/mol. The van der Waals surface area contributed by atoms with Gasteiger partial charge in [-0.05, 0) is 54.2 Å². The van der Waals surface area contributed by atoms with Gasteiger partial charge < -0.3 is 10.4 Å². The molecule has 0 aromatic heterocycles. The van der Waals surface area contributed by atoms with Gasteiger partial charge in [-0.3, -0.25) is 0 Å². The third-order valence-corrected chi connectivity index (χ3v) is 3.69. The molecule has 2 aromatic carbocycles. The number of nitrogens with one attached hydrogen (secondary N) is 1. The summed E-state index contributed by atoms with van der Waals surface area (Å²) in [4.78, 5) is 10.8. The van der Waals surface area contributed by atoms with Crippen molar-refractivity contribution in [2.24, 2.45) is 0 Å². The van der Waals surface area contributed by atoms with Crippen LogP contribution in [0.5, 0.6) is 0 Å². The van der Waals surface area contributed by atoms with Crippen molar-refractivity contribution in [1.82, 2.24) is 0 Å². The molecule has 1 saturated carbocycles. The number of rotatable bonds is 5. The fourth-order valence-corrected chi connectivity index (χ4v) is 2.42. The first-order valence-corrected chi connectivity index (χ1v) is 6.89. The van der Waals surface area contributed by atoms with Gasteiger partial charge in [-0.2, -0.15) is 0 Å². The zero-order valence-electron chi connectivity index (χ0n) is 11.2. The molecule has 2 aromatic rings. The Morgan fingerprint density at radius 2 is 1.80 bits per heavy atom. The summed E-state index contributed by atoms with van der Waals surface area (Å²) < 4.78 is 0. The topological polar surface area (TPSA) is 49.3 Å². The number of carboxylic acids is 1. The lowest BCUT2D eigenvalue weighted by atomic mass is 10.0. The van der Waals surface area contributed by atoms with Crippen LogP contribution in [0.1, 0.15) is 40.2 Å². The van der Waals surface area contributed by atoms with Crippen molar-refractivity contribution in [2.45, 2.75) is 25.3 Å². The summed E-state index contributed by atoms with van der Waals surface area (Å²) in [6, 6.07) is 15.4. The van der Waals surface area contributed by atoms with Crippen molar-refractivity contribution in [2.75, 3.05) is 5.32 Å². The molecule has 0 aliphatic heterocycles. The van der Waals surface area contributed by atoms with Crippen LogP contribution in [0, 0.1) is 0 Å². The second-order valence-electron chi connectivity index (χ2n) is 5.21. The predicted octanol–water partition coefficient (Wildman–Crippen LogP) is 3.87. The average molecular weight is 267 g/mol. The van der Waals surface area contributed by atoms with E-state index in [1.807, 2.05) is 12.1 Å². The molecule has 0 atom stereocenters. The normalized spacial score (nSPS) is 14.0. The molecule has 0 amide bonds. The summed E-state index contributed by atoms with van der Waals surface area (Å²) in [6.45, 7) is 0.777. The van der Waals surface area contributed by atoms with Gasteiger partial charge in [0.15, 0.2) is 0 Å². The van der Waals surface area contributed by atoms with E-state index in [0.29, 0.717) is 5.56 Å². The van der Waals surface area contributed by atoms with Gasteiger partial charge in [-0.15, -0.1) is 0 Å². The van der Waals surface area contributed by atoms with Crippen LogP contribution in [-0.4, -0.2) is 11.1 Å². The summed E-state index contributed by atoms with van der Waals surface area (Å²) in [7, 11) is 0. The van der Waals surface area contributed by atoms with Gasteiger partial charge in [0.2, 0.25) is 0 Å². The van der Waals surface area contributed by atoms with Gasteiger partial charge in [-0.25, -0.2) is 4.79 Å². The van der Waals surface area contributed by atoms with Crippen molar-refractivity contribution in [1.29, 1.82) is 0 Å². The summed E-state index contributed by atoms with van der Waals surface area (Å²) in [5, 5.41) is 12.2. The summed E-state index contributed by atoms with van der Waals surface area (Å²) in [6.07, 6.45) is 2.59. The highest BCUT2D eigenvalue weighted by Gasteiger charge is 2.25. The van der Waals surface area contributed by atoms with Crippen LogP contribution in [0.3, 0.4) is 0 Å². The number of hydrogen-bond donors (Lipinski definition) is 2. The van der Waals surface area contributed by atoms with Gasteiger partial charge in [0.25, 0.3) is 0 Å². The van der Waals surface area contributed by atoms with Crippen molar-refractivity contribution < 1.29 is 9.90 Å².